The molecule has 25 heteroatoms. The van der Waals surface area contributed by atoms with Crippen molar-refractivity contribution in [2.24, 2.45) is 50.2 Å². The standard InChI is InChI=1S/C54H86O25/c1-49(2)14-15-54(48(71)79-46-38(67)35(64)32(61)25(20-57)74-46)22(16-49)21-8-9-27-51(5)12-11-29(50(3,4)26(51)10-13-52(27,6)53(21,7)17-28(54)58)75-47-42(78-45-37(66)34(63)31(60)24(19-56)73-45)40(39(68)41(77-47)43(69)70)76-44-36(65)33(62)30(59)23(18-55)72-44/h8,22-42,44-47,55-68H,9-20H2,1-7H3,(H,69,70)/t22-,23+,24+,25+,26?,27+,28-,29-,30-,31+,32+,33-,34-,35-,36+,37+,38+,39-,40-,41-,42+,44-,45-,46-,47+,51-,52+,53+,54+/m0/s1. The van der Waals surface area contributed by atoms with Crippen LogP contribution in [0.3, 0.4) is 0 Å². The summed E-state index contributed by atoms with van der Waals surface area (Å²) in [7, 11) is 0. The summed E-state index contributed by atoms with van der Waals surface area (Å²) in [4.78, 5) is 27.8. The van der Waals surface area contributed by atoms with E-state index in [0.29, 0.717) is 44.9 Å². The molecule has 5 aliphatic carbocycles. The van der Waals surface area contributed by atoms with Gasteiger partial charge in [-0.3, -0.25) is 4.79 Å². The van der Waals surface area contributed by atoms with Crippen molar-refractivity contribution in [1.29, 1.82) is 0 Å². The summed E-state index contributed by atoms with van der Waals surface area (Å²) in [6.45, 7) is 12.6. The molecule has 8 fully saturated rings. The number of esters is 1. The molecular formula is C54H86O25. The summed E-state index contributed by atoms with van der Waals surface area (Å²) >= 11 is 0. The molecule has 4 aliphatic heterocycles. The molecule has 25 nitrogen and oxygen atoms in total. The van der Waals surface area contributed by atoms with E-state index in [-0.39, 0.29) is 30.1 Å². The number of aliphatic hydroxyl groups is 14. The molecule has 0 aromatic carbocycles. The first kappa shape index (κ1) is 61.4. The molecule has 0 spiro atoms. The van der Waals surface area contributed by atoms with Gasteiger partial charge in [0.2, 0.25) is 6.29 Å². The second kappa shape index (κ2) is 22.0. The fourth-order valence-electron chi connectivity index (χ4n) is 16.6. The summed E-state index contributed by atoms with van der Waals surface area (Å²) in [5, 5.41) is 162. The molecule has 79 heavy (non-hydrogen) atoms. The van der Waals surface area contributed by atoms with Gasteiger partial charge in [0.1, 0.15) is 97.0 Å². The van der Waals surface area contributed by atoms with Gasteiger partial charge in [-0.25, -0.2) is 4.79 Å². The lowest BCUT2D eigenvalue weighted by Gasteiger charge is -2.71. The lowest BCUT2D eigenvalue weighted by molar-refractivity contribution is -0.396. The van der Waals surface area contributed by atoms with E-state index in [4.69, 9.17) is 37.9 Å². The summed E-state index contributed by atoms with van der Waals surface area (Å²) in [5.41, 5.74) is -2.95. The average molecular weight is 1140 g/mol. The van der Waals surface area contributed by atoms with E-state index < -0.39 is 200 Å². The monoisotopic (exact) mass is 1130 g/mol. The quantitative estimate of drug-likeness (QED) is 0.0527. The molecule has 9 aliphatic rings. The zero-order valence-electron chi connectivity index (χ0n) is 45.8. The van der Waals surface area contributed by atoms with E-state index >= 15 is 0 Å². The Hall–Kier alpha value is -2.16. The van der Waals surface area contributed by atoms with E-state index in [9.17, 15) is 86.2 Å². The van der Waals surface area contributed by atoms with Crippen molar-refractivity contribution in [3.8, 4) is 0 Å². The molecule has 0 aromatic rings. The van der Waals surface area contributed by atoms with Gasteiger partial charge in [-0.1, -0.05) is 60.1 Å². The Balaban J connectivity index is 1.02. The maximum atomic E-state index is 14.8. The van der Waals surface area contributed by atoms with Gasteiger partial charge in [0.15, 0.2) is 25.0 Å². The van der Waals surface area contributed by atoms with Crippen LogP contribution in [-0.2, 0) is 47.5 Å². The summed E-state index contributed by atoms with van der Waals surface area (Å²) in [5.74, 6) is -3.07. The average Bonchev–Trinajstić information content (AvgIpc) is 3.58. The molecule has 0 aromatic heterocycles. The molecule has 4 heterocycles. The van der Waals surface area contributed by atoms with Crippen molar-refractivity contribution in [2.75, 3.05) is 19.8 Å². The third-order valence-corrected chi connectivity index (χ3v) is 21.4. The van der Waals surface area contributed by atoms with Gasteiger partial charge in [0, 0.05) is 0 Å². The largest absolute Gasteiger partial charge is 0.479 e. The summed E-state index contributed by atoms with van der Waals surface area (Å²) < 4.78 is 48.0. The summed E-state index contributed by atoms with van der Waals surface area (Å²) in [6, 6.07) is 0. The van der Waals surface area contributed by atoms with Crippen LogP contribution in [0.5, 0.6) is 0 Å². The van der Waals surface area contributed by atoms with E-state index in [2.05, 4.69) is 40.7 Å². The molecule has 0 amide bonds. The minimum Gasteiger partial charge on any atom is -0.479 e. The second-order valence-electron chi connectivity index (χ2n) is 26.4. The molecule has 452 valence electrons. The Morgan fingerprint density at radius 3 is 1.61 bits per heavy atom. The topological polar surface area (TPSA) is 411 Å². The molecule has 0 bridgehead atoms. The number of carboxylic acid groups (broad SMARTS) is 1. The SMILES string of the molecule is CC1(C)CC[C@]2(C(=O)O[C@@H]3O[C@H](CO)[C@@H](O)[C@H](O)[C@H]3O)[C@@H](O)C[C@]3(C)C(=CC[C@@H]4[C@@]5(C)CC[C@H](O[C@@H]6O[C@H](C(=O)O)[C@@H](O)[C@H](O[C@@H]7O[C@H](CO)[C@H](O)[C@H](O)[C@H]7O)[C@H]6O[C@@H]6O[C@H](CO)[C@@H](O)[C@H](O)[C@H]6O)C(C)(C)C5CC[C@]43C)[C@@H]2C1. The van der Waals surface area contributed by atoms with E-state index in [1.165, 1.54) is 0 Å². The van der Waals surface area contributed by atoms with E-state index in [1.54, 1.807) is 0 Å². The first-order valence-corrected chi connectivity index (χ1v) is 27.9. The Bertz CT molecular complexity index is 2230. The van der Waals surface area contributed by atoms with Crippen LogP contribution in [0.25, 0.3) is 0 Å². The van der Waals surface area contributed by atoms with Crippen LogP contribution in [0.1, 0.15) is 106 Å². The minimum atomic E-state index is -2.18. The summed E-state index contributed by atoms with van der Waals surface area (Å²) in [6.07, 6.45) is -32.1. The van der Waals surface area contributed by atoms with Crippen molar-refractivity contribution >= 4 is 11.9 Å². The number of carbonyl (C=O) groups excluding carboxylic acids is 1. The van der Waals surface area contributed by atoms with Gasteiger partial charge in [0.05, 0.1) is 32.0 Å². The lowest BCUT2D eigenvalue weighted by Crippen LogP contribution is -2.69. The number of aliphatic carboxylic acids is 1. The molecule has 9 rings (SSSR count). The van der Waals surface area contributed by atoms with Crippen LogP contribution in [-0.4, -0.2) is 243 Å². The van der Waals surface area contributed by atoms with Crippen LogP contribution in [0.4, 0.5) is 0 Å². The highest BCUT2D eigenvalue weighted by atomic mass is 16.8. The molecular weight excluding hydrogens is 1050 g/mol. The van der Waals surface area contributed by atoms with Crippen molar-refractivity contribution in [3.63, 3.8) is 0 Å². The molecule has 1 unspecified atom stereocenters. The first-order valence-electron chi connectivity index (χ1n) is 27.9. The lowest BCUT2D eigenvalue weighted by atomic mass is 9.33. The molecule has 0 radical (unpaired) electrons. The zero-order chi connectivity index (χ0) is 58.0. The number of aliphatic hydroxyl groups excluding tert-OH is 14. The van der Waals surface area contributed by atoms with Crippen molar-refractivity contribution < 1.29 is 124 Å². The van der Waals surface area contributed by atoms with Crippen molar-refractivity contribution in [3.05, 3.63) is 11.6 Å². The number of hydrogen-bond donors (Lipinski definition) is 15. The highest BCUT2D eigenvalue weighted by Crippen LogP contribution is 2.76. The van der Waals surface area contributed by atoms with Gasteiger partial charge in [0.25, 0.3) is 0 Å². The van der Waals surface area contributed by atoms with Crippen molar-refractivity contribution in [2.45, 2.75) is 241 Å². The fraction of sp³-hybridized carbons (Fsp3) is 0.926. The van der Waals surface area contributed by atoms with Crippen LogP contribution >= 0.6 is 0 Å². The Labute approximate surface area is 457 Å². The normalized spacial score (nSPS) is 53.3. The second-order valence-corrected chi connectivity index (χ2v) is 26.4. The van der Waals surface area contributed by atoms with Crippen LogP contribution < -0.4 is 0 Å². The van der Waals surface area contributed by atoms with Crippen molar-refractivity contribution in [1.82, 2.24) is 0 Å². The predicted octanol–water partition coefficient (Wildman–Crippen LogP) is -2.97. The third-order valence-electron chi connectivity index (χ3n) is 21.4. The number of ether oxygens (including phenoxy) is 8. The van der Waals surface area contributed by atoms with Crippen LogP contribution in [0.2, 0.25) is 0 Å². The third kappa shape index (κ3) is 9.85. The number of fused-ring (bicyclic) bond motifs is 7. The Morgan fingerprint density at radius 1 is 0.557 bits per heavy atom. The number of rotatable bonds is 12. The molecule has 15 N–H and O–H groups in total. The molecule has 29 atom stereocenters. The maximum Gasteiger partial charge on any atom is 0.335 e. The van der Waals surface area contributed by atoms with E-state index in [1.807, 2.05) is 13.8 Å². The number of carbonyl (C=O) groups is 2. The number of carboxylic acids is 1. The highest BCUT2D eigenvalue weighted by molar-refractivity contribution is 5.80. The highest BCUT2D eigenvalue weighted by Gasteiger charge is 2.72. The van der Waals surface area contributed by atoms with Crippen LogP contribution in [0.15, 0.2) is 11.6 Å². The fourth-order valence-corrected chi connectivity index (χ4v) is 16.6. The smallest absolute Gasteiger partial charge is 0.335 e. The maximum absolute atomic E-state index is 14.8. The number of allylic oxidation sites excluding steroid dienone is 2. The number of hydrogen-bond acceptors (Lipinski definition) is 24. The van der Waals surface area contributed by atoms with Gasteiger partial charge in [-0.15, -0.1) is 0 Å². The van der Waals surface area contributed by atoms with Gasteiger partial charge < -0.3 is 114 Å². The van der Waals surface area contributed by atoms with Crippen LogP contribution in [0, 0.1) is 50.2 Å². The zero-order valence-corrected chi connectivity index (χ0v) is 45.8. The minimum absolute atomic E-state index is 0.00106. The van der Waals surface area contributed by atoms with E-state index in [0.717, 1.165) is 5.57 Å². The molecule has 4 saturated heterocycles. The first-order chi connectivity index (χ1) is 36.9. The van der Waals surface area contributed by atoms with Gasteiger partial charge in [-0.2, -0.15) is 0 Å². The predicted molar refractivity (Wildman–Crippen MR) is 265 cm³/mol. The Morgan fingerprint density at radius 2 is 1.08 bits per heavy atom. The molecule has 4 saturated carbocycles. The Kier molecular flexibility index (Phi) is 17.1. The van der Waals surface area contributed by atoms with Gasteiger partial charge in [-0.05, 0) is 103 Å². The van der Waals surface area contributed by atoms with Gasteiger partial charge >= 0.3 is 11.9 Å².